The molecule has 0 spiro atoms. The van der Waals surface area contributed by atoms with E-state index in [-0.39, 0.29) is 5.91 Å². The zero-order valence-electron chi connectivity index (χ0n) is 15.8. The normalized spacial score (nSPS) is 10.3. The molecule has 28 heavy (non-hydrogen) atoms. The number of methoxy groups -OCH3 is 1. The van der Waals surface area contributed by atoms with Crippen molar-refractivity contribution in [2.75, 3.05) is 20.2 Å². The summed E-state index contributed by atoms with van der Waals surface area (Å²) in [6.45, 7) is 1.10. The van der Waals surface area contributed by atoms with Crippen LogP contribution < -0.4 is 10.1 Å². The van der Waals surface area contributed by atoms with Crippen LogP contribution in [0.15, 0.2) is 60.7 Å². The first-order chi connectivity index (χ1) is 13.6. The topological polar surface area (TPSA) is 65.4 Å². The van der Waals surface area contributed by atoms with Gasteiger partial charge in [-0.2, -0.15) is 5.26 Å². The summed E-state index contributed by atoms with van der Waals surface area (Å²) in [5, 5.41) is 11.9. The van der Waals surface area contributed by atoms with Gasteiger partial charge in [0.25, 0.3) is 0 Å². The van der Waals surface area contributed by atoms with Gasteiger partial charge in [-0.25, -0.2) is 0 Å². The molecule has 6 heteroatoms. The molecular weight excluding hydrogens is 370 g/mol. The Hall–Kier alpha value is -3.17. The first kappa shape index (κ1) is 21.1. The van der Waals surface area contributed by atoms with Crippen molar-refractivity contribution < 1.29 is 9.53 Å². The fourth-order valence-corrected chi connectivity index (χ4v) is 2.89. The standard InChI is InChI=1S/C22H23N3O2S/c1-27-20-11-6-5-10-19(20)12-13-21(26)24-22(28)25(16-7-15-23)17-14-18-8-3-2-4-9-18/h2-6,8-13H,7,14,16-17H2,1H3,(H,24,26,28)/b13-12+. The predicted octanol–water partition coefficient (Wildman–Crippen LogP) is 3.57. The van der Waals surface area contributed by atoms with Crippen molar-refractivity contribution in [1.82, 2.24) is 10.2 Å². The summed E-state index contributed by atoms with van der Waals surface area (Å²) in [4.78, 5) is 14.1. The Bertz CT molecular complexity index is 860. The minimum absolute atomic E-state index is 0.320. The zero-order valence-corrected chi connectivity index (χ0v) is 16.6. The largest absolute Gasteiger partial charge is 0.496 e. The van der Waals surface area contributed by atoms with Crippen LogP contribution in [0.2, 0.25) is 0 Å². The second-order valence-electron chi connectivity index (χ2n) is 6.00. The van der Waals surface area contributed by atoms with E-state index < -0.39 is 0 Å². The summed E-state index contributed by atoms with van der Waals surface area (Å²) in [6.07, 6.45) is 4.21. The van der Waals surface area contributed by atoms with Crippen LogP contribution in [0.4, 0.5) is 0 Å². The Labute approximate surface area is 171 Å². The number of nitrogens with zero attached hydrogens (tertiary/aromatic N) is 2. The van der Waals surface area contributed by atoms with Crippen LogP contribution in [0.5, 0.6) is 5.75 Å². The van der Waals surface area contributed by atoms with Crippen molar-refractivity contribution in [3.05, 3.63) is 71.8 Å². The Morgan fingerprint density at radius 2 is 1.89 bits per heavy atom. The van der Waals surface area contributed by atoms with Crippen molar-refractivity contribution in [2.24, 2.45) is 0 Å². The minimum atomic E-state index is -0.322. The number of amides is 1. The average Bonchev–Trinajstić information content (AvgIpc) is 2.73. The molecule has 0 atom stereocenters. The van der Waals surface area contributed by atoms with E-state index in [1.54, 1.807) is 13.2 Å². The number of para-hydroxylation sites is 1. The average molecular weight is 394 g/mol. The number of nitrogens with one attached hydrogen (secondary N) is 1. The molecule has 0 unspecified atom stereocenters. The molecule has 0 heterocycles. The molecule has 1 N–H and O–H groups in total. The first-order valence-electron chi connectivity index (χ1n) is 8.96. The van der Waals surface area contributed by atoms with Crippen LogP contribution >= 0.6 is 12.2 Å². The molecule has 0 saturated carbocycles. The van der Waals surface area contributed by atoms with E-state index in [0.29, 0.717) is 30.4 Å². The Morgan fingerprint density at radius 3 is 2.61 bits per heavy atom. The number of rotatable bonds is 8. The number of ether oxygens (including phenoxy) is 1. The third kappa shape index (κ3) is 6.86. The van der Waals surface area contributed by atoms with Crippen molar-refractivity contribution in [3.8, 4) is 11.8 Å². The molecule has 0 aliphatic carbocycles. The molecular formula is C22H23N3O2S. The van der Waals surface area contributed by atoms with Gasteiger partial charge < -0.3 is 9.64 Å². The lowest BCUT2D eigenvalue weighted by molar-refractivity contribution is -0.115. The van der Waals surface area contributed by atoms with Gasteiger partial charge in [0.1, 0.15) is 5.75 Å². The zero-order chi connectivity index (χ0) is 20.2. The fourth-order valence-electron chi connectivity index (χ4n) is 2.60. The van der Waals surface area contributed by atoms with Gasteiger partial charge in [-0.15, -0.1) is 0 Å². The molecule has 0 bridgehead atoms. The van der Waals surface area contributed by atoms with Crippen LogP contribution in [-0.2, 0) is 11.2 Å². The Balaban J connectivity index is 1.96. The molecule has 2 aromatic carbocycles. The van der Waals surface area contributed by atoms with Crippen LogP contribution in [0.25, 0.3) is 6.08 Å². The number of hydrogen-bond donors (Lipinski definition) is 1. The molecule has 1 amide bonds. The SMILES string of the molecule is COc1ccccc1/C=C/C(=O)NC(=S)N(CCC#N)CCc1ccccc1. The molecule has 0 fully saturated rings. The molecule has 5 nitrogen and oxygen atoms in total. The van der Waals surface area contributed by atoms with E-state index in [1.807, 2.05) is 59.5 Å². The highest BCUT2D eigenvalue weighted by Crippen LogP contribution is 2.18. The predicted molar refractivity (Wildman–Crippen MR) is 115 cm³/mol. The fraction of sp³-hybridized carbons (Fsp3) is 0.227. The van der Waals surface area contributed by atoms with Gasteiger partial charge in [0, 0.05) is 24.7 Å². The monoisotopic (exact) mass is 393 g/mol. The number of benzene rings is 2. The van der Waals surface area contributed by atoms with Gasteiger partial charge in [-0.1, -0.05) is 48.5 Å². The van der Waals surface area contributed by atoms with E-state index in [0.717, 1.165) is 12.0 Å². The molecule has 2 aromatic rings. The first-order valence-corrected chi connectivity index (χ1v) is 9.36. The van der Waals surface area contributed by atoms with Gasteiger partial charge >= 0.3 is 0 Å². The number of carbonyl (C=O) groups is 1. The highest BCUT2D eigenvalue weighted by atomic mass is 32.1. The van der Waals surface area contributed by atoms with Crippen LogP contribution in [-0.4, -0.2) is 36.1 Å². The maximum Gasteiger partial charge on any atom is 0.250 e. The number of carbonyl (C=O) groups excluding carboxylic acids is 1. The minimum Gasteiger partial charge on any atom is -0.496 e. The third-order valence-corrected chi connectivity index (χ3v) is 4.44. The number of hydrogen-bond acceptors (Lipinski definition) is 4. The van der Waals surface area contributed by atoms with Gasteiger partial charge in [-0.3, -0.25) is 10.1 Å². The summed E-state index contributed by atoms with van der Waals surface area (Å²) in [7, 11) is 1.58. The lowest BCUT2D eigenvalue weighted by Crippen LogP contribution is -2.43. The second kappa shape index (κ2) is 11.5. The van der Waals surface area contributed by atoms with Gasteiger partial charge in [0.15, 0.2) is 5.11 Å². The molecule has 0 aromatic heterocycles. The number of nitriles is 1. The third-order valence-electron chi connectivity index (χ3n) is 4.08. The van der Waals surface area contributed by atoms with Crippen molar-refractivity contribution in [3.63, 3.8) is 0 Å². The maximum atomic E-state index is 12.3. The molecule has 0 aliphatic rings. The van der Waals surface area contributed by atoms with Crippen LogP contribution in [0.3, 0.4) is 0 Å². The van der Waals surface area contributed by atoms with Crippen molar-refractivity contribution >= 4 is 29.3 Å². The molecule has 2 rings (SSSR count). The second-order valence-corrected chi connectivity index (χ2v) is 6.39. The van der Waals surface area contributed by atoms with Gasteiger partial charge in [0.2, 0.25) is 5.91 Å². The highest BCUT2D eigenvalue weighted by molar-refractivity contribution is 7.80. The van der Waals surface area contributed by atoms with Gasteiger partial charge in [-0.05, 0) is 36.3 Å². The summed E-state index contributed by atoms with van der Waals surface area (Å²) >= 11 is 5.39. The van der Waals surface area contributed by atoms with Crippen molar-refractivity contribution in [2.45, 2.75) is 12.8 Å². The summed E-state index contributed by atoms with van der Waals surface area (Å²) in [5.41, 5.74) is 1.98. The number of thiocarbonyl (C=S) groups is 1. The van der Waals surface area contributed by atoms with Crippen LogP contribution in [0.1, 0.15) is 17.5 Å². The van der Waals surface area contributed by atoms with E-state index in [4.69, 9.17) is 22.2 Å². The van der Waals surface area contributed by atoms with Gasteiger partial charge in [0.05, 0.1) is 19.6 Å². The van der Waals surface area contributed by atoms with E-state index >= 15 is 0 Å². The highest BCUT2D eigenvalue weighted by Gasteiger charge is 2.11. The van der Waals surface area contributed by atoms with E-state index in [2.05, 4.69) is 11.4 Å². The summed E-state index contributed by atoms with van der Waals surface area (Å²) in [6, 6.07) is 19.6. The van der Waals surface area contributed by atoms with E-state index in [1.165, 1.54) is 11.6 Å². The van der Waals surface area contributed by atoms with Crippen molar-refractivity contribution in [1.29, 1.82) is 5.26 Å². The smallest absolute Gasteiger partial charge is 0.250 e. The molecule has 0 radical (unpaired) electrons. The Kier molecular flexibility index (Phi) is 8.70. The lowest BCUT2D eigenvalue weighted by atomic mass is 10.1. The van der Waals surface area contributed by atoms with Crippen LogP contribution in [0, 0.1) is 11.3 Å². The lowest BCUT2D eigenvalue weighted by Gasteiger charge is -2.24. The summed E-state index contributed by atoms with van der Waals surface area (Å²) < 4.78 is 5.27. The summed E-state index contributed by atoms with van der Waals surface area (Å²) in [5.74, 6) is 0.366. The molecule has 0 saturated heterocycles. The van der Waals surface area contributed by atoms with E-state index in [9.17, 15) is 4.79 Å². The maximum absolute atomic E-state index is 12.3. The quantitative estimate of drug-likeness (QED) is 0.549. The molecule has 144 valence electrons. The molecule has 0 aliphatic heterocycles. The Morgan fingerprint density at radius 1 is 1.18 bits per heavy atom.